The van der Waals surface area contributed by atoms with E-state index in [1.165, 1.54) is 27.9 Å². The van der Waals surface area contributed by atoms with Crippen molar-refractivity contribution in [3.8, 4) is 11.1 Å². The molecule has 1 aliphatic rings. The predicted molar refractivity (Wildman–Crippen MR) is 90.9 cm³/mol. The van der Waals surface area contributed by atoms with E-state index >= 15 is 0 Å². The van der Waals surface area contributed by atoms with Crippen LogP contribution < -0.4 is 10.2 Å². The molecule has 0 saturated carbocycles. The number of benzene rings is 2. The van der Waals surface area contributed by atoms with Crippen molar-refractivity contribution < 1.29 is 0 Å². The lowest BCUT2D eigenvalue weighted by Gasteiger charge is -2.15. The minimum absolute atomic E-state index is 0.452. The molecule has 0 fully saturated rings. The highest BCUT2D eigenvalue weighted by atomic mass is 15.1. The molecule has 0 spiro atoms. The van der Waals surface area contributed by atoms with Gasteiger partial charge in [-0.05, 0) is 54.3 Å². The van der Waals surface area contributed by atoms with Gasteiger partial charge in [-0.2, -0.15) is 0 Å². The molecule has 110 valence electrons. The van der Waals surface area contributed by atoms with Gasteiger partial charge < -0.3 is 10.2 Å². The van der Waals surface area contributed by atoms with Crippen LogP contribution in [0.2, 0.25) is 0 Å². The largest absolute Gasteiger partial charge is 0.374 e. The van der Waals surface area contributed by atoms with Crippen molar-refractivity contribution in [2.24, 2.45) is 0 Å². The smallest absolute Gasteiger partial charge is 0.0397 e. The van der Waals surface area contributed by atoms with Gasteiger partial charge in [0.1, 0.15) is 0 Å². The summed E-state index contributed by atoms with van der Waals surface area (Å²) in [5, 5.41) is 3.36. The molecule has 0 aromatic heterocycles. The van der Waals surface area contributed by atoms with Crippen LogP contribution in [0.25, 0.3) is 11.1 Å². The van der Waals surface area contributed by atoms with Crippen LogP contribution in [0.3, 0.4) is 0 Å². The van der Waals surface area contributed by atoms with E-state index in [9.17, 15) is 0 Å². The molecule has 0 aliphatic carbocycles. The SMILES string of the molecule is CCC(NC)c1ccc(-c2ccc3c(c2)CCN3C)cc1. The molecule has 0 amide bonds. The highest BCUT2D eigenvalue weighted by molar-refractivity contribution is 5.70. The topological polar surface area (TPSA) is 15.3 Å². The monoisotopic (exact) mass is 280 g/mol. The molecule has 1 heterocycles. The van der Waals surface area contributed by atoms with Gasteiger partial charge in [0.2, 0.25) is 0 Å². The van der Waals surface area contributed by atoms with Gasteiger partial charge in [-0.25, -0.2) is 0 Å². The van der Waals surface area contributed by atoms with Gasteiger partial charge in [0.05, 0.1) is 0 Å². The number of likely N-dealkylation sites (N-methyl/N-ethyl adjacent to an activating group) is 1. The lowest BCUT2D eigenvalue weighted by Crippen LogP contribution is -2.14. The molecule has 1 aliphatic heterocycles. The molecule has 21 heavy (non-hydrogen) atoms. The molecule has 1 atom stereocenters. The fraction of sp³-hybridized carbons (Fsp3) is 0.368. The van der Waals surface area contributed by atoms with Gasteiger partial charge in [0.25, 0.3) is 0 Å². The highest BCUT2D eigenvalue weighted by Crippen LogP contribution is 2.31. The van der Waals surface area contributed by atoms with Crippen LogP contribution in [-0.2, 0) is 6.42 Å². The lowest BCUT2D eigenvalue weighted by molar-refractivity contribution is 0.577. The molecule has 2 heteroatoms. The molecule has 0 saturated heterocycles. The Balaban J connectivity index is 1.88. The summed E-state index contributed by atoms with van der Waals surface area (Å²) >= 11 is 0. The maximum atomic E-state index is 3.36. The van der Waals surface area contributed by atoms with E-state index in [1.54, 1.807) is 0 Å². The number of nitrogens with zero attached hydrogens (tertiary/aromatic N) is 1. The van der Waals surface area contributed by atoms with Crippen LogP contribution in [0, 0.1) is 0 Å². The summed E-state index contributed by atoms with van der Waals surface area (Å²) in [5.41, 5.74) is 6.86. The minimum atomic E-state index is 0.452. The average molecular weight is 280 g/mol. The van der Waals surface area contributed by atoms with Crippen molar-refractivity contribution >= 4 is 5.69 Å². The van der Waals surface area contributed by atoms with E-state index in [1.807, 2.05) is 7.05 Å². The Morgan fingerprint density at radius 2 is 1.81 bits per heavy atom. The van der Waals surface area contributed by atoms with Crippen LogP contribution in [-0.4, -0.2) is 20.6 Å². The van der Waals surface area contributed by atoms with Crippen molar-refractivity contribution in [1.82, 2.24) is 5.32 Å². The Labute approximate surface area is 127 Å². The van der Waals surface area contributed by atoms with Crippen molar-refractivity contribution in [1.29, 1.82) is 0 Å². The van der Waals surface area contributed by atoms with Gasteiger partial charge in [-0.3, -0.25) is 0 Å². The first kappa shape index (κ1) is 14.2. The molecule has 2 aromatic rings. The molecular weight excluding hydrogens is 256 g/mol. The Morgan fingerprint density at radius 1 is 1.10 bits per heavy atom. The molecule has 3 rings (SSSR count). The summed E-state index contributed by atoms with van der Waals surface area (Å²) in [6.07, 6.45) is 2.27. The zero-order valence-corrected chi connectivity index (χ0v) is 13.2. The standard InChI is InChI=1S/C19H24N2/c1-4-18(20-2)15-7-5-14(6-8-15)16-9-10-19-17(13-16)11-12-21(19)3/h5-10,13,18,20H,4,11-12H2,1-3H3. The number of rotatable bonds is 4. The predicted octanol–water partition coefficient (Wildman–Crippen LogP) is 4.02. The molecule has 1 unspecified atom stereocenters. The number of hydrogen-bond donors (Lipinski definition) is 1. The van der Waals surface area contributed by atoms with Gasteiger partial charge in [-0.1, -0.05) is 37.3 Å². The van der Waals surface area contributed by atoms with Gasteiger partial charge in [0.15, 0.2) is 0 Å². The highest BCUT2D eigenvalue weighted by Gasteiger charge is 2.16. The summed E-state index contributed by atoms with van der Waals surface area (Å²) in [5.74, 6) is 0. The average Bonchev–Trinajstić information content (AvgIpc) is 2.90. The van der Waals surface area contributed by atoms with Gasteiger partial charge in [0, 0.05) is 25.3 Å². The Morgan fingerprint density at radius 3 is 2.48 bits per heavy atom. The van der Waals surface area contributed by atoms with Gasteiger partial charge in [-0.15, -0.1) is 0 Å². The fourth-order valence-electron chi connectivity index (χ4n) is 3.26. The first-order valence-electron chi connectivity index (χ1n) is 7.84. The summed E-state index contributed by atoms with van der Waals surface area (Å²) in [7, 11) is 4.20. The molecule has 0 radical (unpaired) electrons. The zero-order chi connectivity index (χ0) is 14.8. The fourth-order valence-corrected chi connectivity index (χ4v) is 3.26. The zero-order valence-electron chi connectivity index (χ0n) is 13.2. The molecule has 0 bridgehead atoms. The number of anilines is 1. The third-order valence-electron chi connectivity index (χ3n) is 4.61. The summed E-state index contributed by atoms with van der Waals surface area (Å²) < 4.78 is 0. The van der Waals surface area contributed by atoms with Crippen LogP contribution in [0.4, 0.5) is 5.69 Å². The first-order valence-corrected chi connectivity index (χ1v) is 7.84. The molecular formula is C19H24N2. The van der Waals surface area contributed by atoms with Crippen molar-refractivity contribution in [2.45, 2.75) is 25.8 Å². The minimum Gasteiger partial charge on any atom is -0.374 e. The van der Waals surface area contributed by atoms with Gasteiger partial charge >= 0.3 is 0 Å². The summed E-state index contributed by atoms with van der Waals surface area (Å²) in [4.78, 5) is 2.33. The van der Waals surface area contributed by atoms with E-state index in [0.29, 0.717) is 6.04 Å². The van der Waals surface area contributed by atoms with Crippen molar-refractivity contribution in [2.75, 3.05) is 25.5 Å². The maximum absolute atomic E-state index is 3.36. The van der Waals surface area contributed by atoms with Crippen LogP contribution >= 0.6 is 0 Å². The molecule has 2 aromatic carbocycles. The third-order valence-corrected chi connectivity index (χ3v) is 4.61. The lowest BCUT2D eigenvalue weighted by atomic mass is 9.98. The first-order chi connectivity index (χ1) is 10.2. The summed E-state index contributed by atoms with van der Waals surface area (Å²) in [6.45, 7) is 3.35. The number of hydrogen-bond acceptors (Lipinski definition) is 2. The van der Waals surface area contributed by atoms with Crippen LogP contribution in [0.5, 0.6) is 0 Å². The summed E-state index contributed by atoms with van der Waals surface area (Å²) in [6, 6.07) is 16.3. The van der Waals surface area contributed by atoms with Crippen LogP contribution in [0.15, 0.2) is 42.5 Å². The quantitative estimate of drug-likeness (QED) is 0.910. The van der Waals surface area contributed by atoms with E-state index in [-0.39, 0.29) is 0 Å². The van der Waals surface area contributed by atoms with E-state index < -0.39 is 0 Å². The van der Waals surface area contributed by atoms with E-state index in [2.05, 4.69) is 66.7 Å². The van der Waals surface area contributed by atoms with Crippen LogP contribution in [0.1, 0.15) is 30.5 Å². The Bertz CT molecular complexity index is 612. The third kappa shape index (κ3) is 2.68. The second-order valence-corrected chi connectivity index (χ2v) is 5.89. The van der Waals surface area contributed by atoms with E-state index in [4.69, 9.17) is 0 Å². The maximum Gasteiger partial charge on any atom is 0.0397 e. The van der Waals surface area contributed by atoms with Crippen molar-refractivity contribution in [3.63, 3.8) is 0 Å². The normalized spacial score (nSPS) is 15.1. The second kappa shape index (κ2) is 5.90. The number of fused-ring (bicyclic) bond motifs is 1. The Kier molecular flexibility index (Phi) is 3.98. The van der Waals surface area contributed by atoms with Crippen molar-refractivity contribution in [3.05, 3.63) is 53.6 Å². The second-order valence-electron chi connectivity index (χ2n) is 5.89. The molecule has 1 N–H and O–H groups in total. The van der Waals surface area contributed by atoms with E-state index in [0.717, 1.165) is 19.4 Å². The number of nitrogens with one attached hydrogen (secondary N) is 1. The Hall–Kier alpha value is -1.80. The molecule has 2 nitrogen and oxygen atoms in total.